The van der Waals surface area contributed by atoms with Crippen LogP contribution in [0.4, 0.5) is 4.39 Å². The van der Waals surface area contributed by atoms with E-state index in [9.17, 15) is 9.18 Å². The van der Waals surface area contributed by atoms with Gasteiger partial charge in [-0.05, 0) is 43.5 Å². The van der Waals surface area contributed by atoms with Gasteiger partial charge in [0.15, 0.2) is 0 Å². The van der Waals surface area contributed by atoms with Gasteiger partial charge in [0.25, 0.3) is 0 Å². The lowest BCUT2D eigenvalue weighted by Gasteiger charge is -2.30. The zero-order valence-corrected chi connectivity index (χ0v) is 15.3. The van der Waals surface area contributed by atoms with Crippen LogP contribution in [0.2, 0.25) is 0 Å². The van der Waals surface area contributed by atoms with Crippen molar-refractivity contribution in [3.8, 4) is 5.69 Å². The van der Waals surface area contributed by atoms with Crippen LogP contribution in [-0.4, -0.2) is 26.6 Å². The third kappa shape index (κ3) is 3.77. The van der Waals surface area contributed by atoms with Gasteiger partial charge in [0.2, 0.25) is 5.91 Å². The van der Waals surface area contributed by atoms with Gasteiger partial charge in [0.05, 0.1) is 24.3 Å². The fourth-order valence-electron chi connectivity index (χ4n) is 3.49. The van der Waals surface area contributed by atoms with Crippen molar-refractivity contribution in [2.45, 2.75) is 38.3 Å². The molecule has 0 radical (unpaired) electrons. The fraction of sp³-hybridized carbons (Fsp3) is 0.273. The Bertz CT molecular complexity index is 933. The lowest BCUT2D eigenvalue weighted by Crippen LogP contribution is -2.37. The first kappa shape index (κ1) is 17.5. The summed E-state index contributed by atoms with van der Waals surface area (Å²) < 4.78 is 16.0. The highest BCUT2D eigenvalue weighted by Crippen LogP contribution is 2.35. The summed E-state index contributed by atoms with van der Waals surface area (Å²) in [5.74, 6) is -0.249. The van der Waals surface area contributed by atoms with E-state index < -0.39 is 0 Å². The van der Waals surface area contributed by atoms with E-state index in [2.05, 4.69) is 5.10 Å². The average molecular weight is 363 g/mol. The van der Waals surface area contributed by atoms with E-state index in [1.54, 1.807) is 23.0 Å². The maximum Gasteiger partial charge on any atom is 0.227 e. The Morgan fingerprint density at radius 3 is 2.59 bits per heavy atom. The van der Waals surface area contributed by atoms with Crippen LogP contribution in [0, 0.1) is 5.82 Å². The summed E-state index contributed by atoms with van der Waals surface area (Å²) in [7, 11) is 0. The van der Waals surface area contributed by atoms with E-state index in [0.29, 0.717) is 5.56 Å². The molecule has 1 fully saturated rings. The fourth-order valence-corrected chi connectivity index (χ4v) is 3.49. The second-order valence-corrected chi connectivity index (χ2v) is 7.04. The summed E-state index contributed by atoms with van der Waals surface area (Å²) in [6.07, 6.45) is 5.83. The highest BCUT2D eigenvalue weighted by Gasteiger charge is 2.36. The molecule has 0 bridgehead atoms. The lowest BCUT2D eigenvalue weighted by molar-refractivity contribution is -0.133. The molecule has 1 heterocycles. The Kier molecular flexibility index (Phi) is 4.75. The molecule has 5 heteroatoms. The minimum absolute atomic E-state index is 0.0147. The Balaban J connectivity index is 1.52. The molecule has 1 amide bonds. The number of halogens is 1. The summed E-state index contributed by atoms with van der Waals surface area (Å²) in [6.45, 7) is 1.90. The molecular formula is C22H22FN3O. The van der Waals surface area contributed by atoms with Crippen LogP contribution >= 0.6 is 0 Å². The van der Waals surface area contributed by atoms with Gasteiger partial charge >= 0.3 is 0 Å². The van der Waals surface area contributed by atoms with Gasteiger partial charge in [-0.1, -0.05) is 36.4 Å². The number of carbonyl (C=O) groups excluding carboxylic acids is 1. The van der Waals surface area contributed by atoms with E-state index in [-0.39, 0.29) is 30.2 Å². The standard InChI is InChI=1S/C22H22FN3O/c1-16(20-9-5-6-10-21(20)23)26(19-11-12-19)22(27)13-17-14-24-25(15-17)18-7-3-2-4-8-18/h2-10,14-16,19H,11-13H2,1H3. The van der Waals surface area contributed by atoms with Crippen molar-refractivity contribution in [1.82, 2.24) is 14.7 Å². The molecule has 1 saturated carbocycles. The third-order valence-electron chi connectivity index (χ3n) is 5.01. The summed E-state index contributed by atoms with van der Waals surface area (Å²) in [6, 6.07) is 16.4. The smallest absolute Gasteiger partial charge is 0.227 e. The molecule has 3 aromatic rings. The topological polar surface area (TPSA) is 38.1 Å². The molecule has 4 nitrogen and oxygen atoms in total. The van der Waals surface area contributed by atoms with E-state index >= 15 is 0 Å². The molecule has 0 saturated heterocycles. The number of nitrogens with zero attached hydrogens (tertiary/aromatic N) is 3. The molecule has 1 atom stereocenters. The van der Waals surface area contributed by atoms with E-state index in [4.69, 9.17) is 0 Å². The summed E-state index contributed by atoms with van der Waals surface area (Å²) in [5, 5.41) is 4.36. The molecule has 27 heavy (non-hydrogen) atoms. The van der Waals surface area contributed by atoms with Crippen LogP contribution in [0.25, 0.3) is 5.69 Å². The van der Waals surface area contributed by atoms with Crippen molar-refractivity contribution in [2.24, 2.45) is 0 Å². The first-order chi connectivity index (χ1) is 13.1. The van der Waals surface area contributed by atoms with Crippen molar-refractivity contribution in [3.05, 3.63) is 83.9 Å². The Hall–Kier alpha value is -2.95. The van der Waals surface area contributed by atoms with Gasteiger partial charge in [-0.15, -0.1) is 0 Å². The molecule has 138 valence electrons. The molecule has 1 aromatic heterocycles. The molecule has 0 aliphatic heterocycles. The normalized spacial score (nSPS) is 14.7. The minimum atomic E-state index is -0.282. The molecule has 2 aromatic carbocycles. The van der Waals surface area contributed by atoms with Crippen LogP contribution in [0.3, 0.4) is 0 Å². The van der Waals surface area contributed by atoms with Gasteiger partial charge in [-0.25, -0.2) is 9.07 Å². The summed E-state index contributed by atoms with van der Waals surface area (Å²) in [4.78, 5) is 14.9. The van der Waals surface area contributed by atoms with Crippen molar-refractivity contribution >= 4 is 5.91 Å². The molecule has 4 rings (SSSR count). The van der Waals surface area contributed by atoms with Crippen molar-refractivity contribution in [3.63, 3.8) is 0 Å². The minimum Gasteiger partial charge on any atom is -0.333 e. The number of hydrogen-bond acceptors (Lipinski definition) is 2. The molecular weight excluding hydrogens is 341 g/mol. The van der Waals surface area contributed by atoms with Crippen LogP contribution < -0.4 is 0 Å². The van der Waals surface area contributed by atoms with Crippen LogP contribution in [0.15, 0.2) is 67.0 Å². The maximum absolute atomic E-state index is 14.2. The highest BCUT2D eigenvalue weighted by molar-refractivity contribution is 5.79. The number of rotatable bonds is 6. The monoisotopic (exact) mass is 363 g/mol. The van der Waals surface area contributed by atoms with Gasteiger partial charge in [0, 0.05) is 17.8 Å². The van der Waals surface area contributed by atoms with Crippen LogP contribution in [0.5, 0.6) is 0 Å². The SMILES string of the molecule is CC(c1ccccc1F)N(C(=O)Cc1cnn(-c2ccccc2)c1)C1CC1. The van der Waals surface area contributed by atoms with E-state index in [0.717, 1.165) is 24.1 Å². The zero-order valence-electron chi connectivity index (χ0n) is 15.3. The third-order valence-corrected chi connectivity index (χ3v) is 5.01. The first-order valence-electron chi connectivity index (χ1n) is 9.28. The van der Waals surface area contributed by atoms with Crippen LogP contribution in [-0.2, 0) is 11.2 Å². The summed E-state index contributed by atoms with van der Waals surface area (Å²) in [5.41, 5.74) is 2.38. The lowest BCUT2D eigenvalue weighted by atomic mass is 10.0. The number of hydrogen-bond donors (Lipinski definition) is 0. The Morgan fingerprint density at radius 1 is 1.19 bits per heavy atom. The molecule has 0 spiro atoms. The molecule has 1 aliphatic carbocycles. The predicted molar refractivity (Wildman–Crippen MR) is 102 cm³/mol. The van der Waals surface area contributed by atoms with Gasteiger partial charge < -0.3 is 4.90 Å². The summed E-state index contributed by atoms with van der Waals surface area (Å²) >= 11 is 0. The second kappa shape index (κ2) is 7.35. The Labute approximate surface area is 158 Å². The molecule has 1 unspecified atom stereocenters. The van der Waals surface area contributed by atoms with Gasteiger partial charge in [-0.3, -0.25) is 4.79 Å². The zero-order chi connectivity index (χ0) is 18.8. The maximum atomic E-state index is 14.2. The van der Waals surface area contributed by atoms with E-state index in [1.165, 1.54) is 6.07 Å². The largest absolute Gasteiger partial charge is 0.333 e. The number of aromatic nitrogens is 2. The average Bonchev–Trinajstić information content (AvgIpc) is 3.40. The van der Waals surface area contributed by atoms with Crippen molar-refractivity contribution < 1.29 is 9.18 Å². The molecule has 0 N–H and O–H groups in total. The number of benzene rings is 2. The number of para-hydroxylation sites is 1. The van der Waals surface area contributed by atoms with Crippen molar-refractivity contribution in [2.75, 3.05) is 0 Å². The Morgan fingerprint density at radius 2 is 1.89 bits per heavy atom. The first-order valence-corrected chi connectivity index (χ1v) is 9.28. The quantitative estimate of drug-likeness (QED) is 0.655. The van der Waals surface area contributed by atoms with E-state index in [1.807, 2.05) is 54.4 Å². The van der Waals surface area contributed by atoms with Gasteiger partial charge in [-0.2, -0.15) is 5.10 Å². The van der Waals surface area contributed by atoms with Crippen molar-refractivity contribution in [1.29, 1.82) is 0 Å². The second-order valence-electron chi connectivity index (χ2n) is 7.04. The number of amides is 1. The van der Waals surface area contributed by atoms with Gasteiger partial charge in [0.1, 0.15) is 5.82 Å². The predicted octanol–water partition coefficient (Wildman–Crippen LogP) is 4.31. The molecule has 1 aliphatic rings. The van der Waals surface area contributed by atoms with Crippen LogP contribution in [0.1, 0.15) is 36.9 Å². The highest BCUT2D eigenvalue weighted by atomic mass is 19.1. The number of carbonyl (C=O) groups is 1.